The van der Waals surface area contributed by atoms with Crippen LogP contribution < -0.4 is 0 Å². The van der Waals surface area contributed by atoms with Crippen LogP contribution >= 0.6 is 11.6 Å². The Kier molecular flexibility index (Phi) is 3.06. The molecule has 0 radical (unpaired) electrons. The van der Waals surface area contributed by atoms with E-state index in [0.717, 1.165) is 17.1 Å². The molecule has 1 aromatic carbocycles. The molecule has 0 N–H and O–H groups in total. The van der Waals surface area contributed by atoms with Crippen molar-refractivity contribution in [3.8, 4) is 11.3 Å². The van der Waals surface area contributed by atoms with Crippen molar-refractivity contribution in [2.75, 3.05) is 0 Å². The average Bonchev–Trinajstić information content (AvgIpc) is 3.20. The van der Waals surface area contributed by atoms with E-state index in [1.54, 1.807) is 0 Å². The zero-order valence-corrected chi connectivity index (χ0v) is 12.3. The van der Waals surface area contributed by atoms with E-state index in [2.05, 4.69) is 37.0 Å². The van der Waals surface area contributed by atoms with Crippen molar-refractivity contribution in [3.63, 3.8) is 0 Å². The molecular formula is C16H17ClN2. The number of rotatable bonds is 2. The summed E-state index contributed by atoms with van der Waals surface area (Å²) in [6.45, 7) is 6.26. The zero-order valence-electron chi connectivity index (χ0n) is 11.5. The van der Waals surface area contributed by atoms with Gasteiger partial charge in [-0.2, -0.15) is 0 Å². The van der Waals surface area contributed by atoms with Gasteiger partial charge in [0, 0.05) is 17.0 Å². The van der Waals surface area contributed by atoms with Gasteiger partial charge >= 0.3 is 0 Å². The molecule has 3 rings (SSSR count). The number of nitrogens with zero attached hydrogens (tertiary/aromatic N) is 2. The second-order valence-corrected chi connectivity index (χ2v) is 5.73. The standard InChI is InChI=1S/C16H17ClN2/c1-9-5-4-6-13(10(9)2)14-11(3)15(17)19-16(18-14)12-7-8-12/h4-6,12H,7-8H2,1-3H3. The van der Waals surface area contributed by atoms with E-state index in [1.165, 1.54) is 29.5 Å². The highest BCUT2D eigenvalue weighted by Crippen LogP contribution is 2.40. The summed E-state index contributed by atoms with van der Waals surface area (Å²) in [6.07, 6.45) is 2.37. The Balaban J connectivity index is 2.20. The minimum absolute atomic E-state index is 0.516. The van der Waals surface area contributed by atoms with Gasteiger partial charge in [-0.3, -0.25) is 0 Å². The summed E-state index contributed by atoms with van der Waals surface area (Å²) in [5, 5.41) is 0.591. The first-order valence-corrected chi connectivity index (χ1v) is 7.06. The third-order valence-electron chi connectivity index (χ3n) is 3.91. The second-order valence-electron chi connectivity index (χ2n) is 5.37. The van der Waals surface area contributed by atoms with Gasteiger partial charge in [0.25, 0.3) is 0 Å². The molecule has 1 heterocycles. The molecule has 0 amide bonds. The predicted octanol–water partition coefficient (Wildman–Crippen LogP) is 4.60. The van der Waals surface area contributed by atoms with Crippen LogP contribution in [0.4, 0.5) is 0 Å². The summed E-state index contributed by atoms with van der Waals surface area (Å²) in [6, 6.07) is 6.31. The lowest BCUT2D eigenvalue weighted by atomic mass is 9.98. The van der Waals surface area contributed by atoms with Gasteiger partial charge in [-0.15, -0.1) is 0 Å². The third kappa shape index (κ3) is 2.25. The molecular weight excluding hydrogens is 256 g/mol. The number of halogens is 1. The van der Waals surface area contributed by atoms with E-state index in [1.807, 2.05) is 6.92 Å². The second kappa shape index (κ2) is 4.61. The molecule has 0 aliphatic heterocycles. The van der Waals surface area contributed by atoms with Crippen LogP contribution in [0.3, 0.4) is 0 Å². The third-order valence-corrected chi connectivity index (χ3v) is 4.27. The van der Waals surface area contributed by atoms with E-state index in [4.69, 9.17) is 16.6 Å². The molecule has 0 unspecified atom stereocenters. The summed E-state index contributed by atoms with van der Waals surface area (Å²) < 4.78 is 0. The zero-order chi connectivity index (χ0) is 13.6. The van der Waals surface area contributed by atoms with Crippen LogP contribution in [0.25, 0.3) is 11.3 Å². The van der Waals surface area contributed by atoms with Crippen LogP contribution in [0.2, 0.25) is 5.15 Å². The number of aromatic nitrogens is 2. The van der Waals surface area contributed by atoms with Crippen LogP contribution in [-0.2, 0) is 0 Å². The number of hydrogen-bond acceptors (Lipinski definition) is 2. The largest absolute Gasteiger partial charge is 0.232 e. The fourth-order valence-corrected chi connectivity index (χ4v) is 2.48. The van der Waals surface area contributed by atoms with Gasteiger partial charge in [0.1, 0.15) is 11.0 Å². The topological polar surface area (TPSA) is 25.8 Å². The predicted molar refractivity (Wildman–Crippen MR) is 78.7 cm³/mol. The van der Waals surface area contributed by atoms with Crippen molar-refractivity contribution >= 4 is 11.6 Å². The average molecular weight is 273 g/mol. The van der Waals surface area contributed by atoms with E-state index in [-0.39, 0.29) is 0 Å². The summed E-state index contributed by atoms with van der Waals surface area (Å²) in [5.41, 5.74) is 5.67. The first-order chi connectivity index (χ1) is 9.08. The van der Waals surface area contributed by atoms with Crippen LogP contribution in [0, 0.1) is 20.8 Å². The smallest absolute Gasteiger partial charge is 0.136 e. The molecule has 98 valence electrons. The van der Waals surface area contributed by atoms with Gasteiger partial charge in [0.2, 0.25) is 0 Å². The molecule has 1 aromatic heterocycles. The SMILES string of the molecule is Cc1cccc(-c2nc(C3CC3)nc(Cl)c2C)c1C. The van der Waals surface area contributed by atoms with Gasteiger partial charge in [0.15, 0.2) is 0 Å². The lowest BCUT2D eigenvalue weighted by Gasteiger charge is -2.12. The Hall–Kier alpha value is -1.41. The van der Waals surface area contributed by atoms with Crippen molar-refractivity contribution in [3.05, 3.63) is 45.9 Å². The van der Waals surface area contributed by atoms with Gasteiger partial charge in [-0.05, 0) is 44.7 Å². The molecule has 0 atom stereocenters. The fraction of sp³-hybridized carbons (Fsp3) is 0.375. The molecule has 2 nitrogen and oxygen atoms in total. The molecule has 0 spiro atoms. The quantitative estimate of drug-likeness (QED) is 0.747. The van der Waals surface area contributed by atoms with Gasteiger partial charge in [0.05, 0.1) is 5.69 Å². The van der Waals surface area contributed by atoms with Gasteiger partial charge in [-0.1, -0.05) is 29.8 Å². The Bertz CT molecular complexity index is 645. The highest BCUT2D eigenvalue weighted by atomic mass is 35.5. The highest BCUT2D eigenvalue weighted by molar-refractivity contribution is 6.30. The van der Waals surface area contributed by atoms with E-state index in [0.29, 0.717) is 11.1 Å². The van der Waals surface area contributed by atoms with Gasteiger partial charge in [-0.25, -0.2) is 9.97 Å². The van der Waals surface area contributed by atoms with Crippen LogP contribution in [0.1, 0.15) is 41.3 Å². The fourth-order valence-electron chi connectivity index (χ4n) is 2.30. The van der Waals surface area contributed by atoms with Crippen LogP contribution in [-0.4, -0.2) is 9.97 Å². The molecule has 1 aliphatic rings. The van der Waals surface area contributed by atoms with E-state index < -0.39 is 0 Å². The molecule has 1 saturated carbocycles. The van der Waals surface area contributed by atoms with Crippen molar-refractivity contribution in [1.29, 1.82) is 0 Å². The molecule has 0 bridgehead atoms. The summed E-state index contributed by atoms with van der Waals surface area (Å²) >= 11 is 6.28. The summed E-state index contributed by atoms with van der Waals surface area (Å²) in [7, 11) is 0. The van der Waals surface area contributed by atoms with Crippen molar-refractivity contribution in [2.24, 2.45) is 0 Å². The van der Waals surface area contributed by atoms with Crippen LogP contribution in [0.15, 0.2) is 18.2 Å². The maximum absolute atomic E-state index is 6.28. The summed E-state index contributed by atoms with van der Waals surface area (Å²) in [5.74, 6) is 1.42. The Morgan fingerprint density at radius 3 is 2.47 bits per heavy atom. The van der Waals surface area contributed by atoms with E-state index in [9.17, 15) is 0 Å². The molecule has 19 heavy (non-hydrogen) atoms. The first-order valence-electron chi connectivity index (χ1n) is 6.68. The summed E-state index contributed by atoms with van der Waals surface area (Å²) in [4.78, 5) is 9.20. The molecule has 0 saturated heterocycles. The minimum Gasteiger partial charge on any atom is -0.232 e. The van der Waals surface area contributed by atoms with Crippen molar-refractivity contribution in [2.45, 2.75) is 39.5 Å². The number of aryl methyl sites for hydroxylation is 1. The number of benzene rings is 1. The monoisotopic (exact) mass is 272 g/mol. The lowest BCUT2D eigenvalue weighted by molar-refractivity contribution is 0.921. The van der Waals surface area contributed by atoms with Crippen LogP contribution in [0.5, 0.6) is 0 Å². The Labute approximate surface area is 118 Å². The molecule has 2 aromatic rings. The molecule has 3 heteroatoms. The lowest BCUT2D eigenvalue weighted by Crippen LogP contribution is -2.01. The van der Waals surface area contributed by atoms with Crippen molar-refractivity contribution < 1.29 is 0 Å². The normalized spacial score (nSPS) is 14.7. The van der Waals surface area contributed by atoms with Crippen molar-refractivity contribution in [1.82, 2.24) is 9.97 Å². The minimum atomic E-state index is 0.516. The van der Waals surface area contributed by atoms with E-state index >= 15 is 0 Å². The maximum atomic E-state index is 6.28. The van der Waals surface area contributed by atoms with Gasteiger partial charge < -0.3 is 0 Å². The Morgan fingerprint density at radius 1 is 1.05 bits per heavy atom. The number of hydrogen-bond donors (Lipinski definition) is 0. The first kappa shape index (κ1) is 12.6. The molecule has 1 aliphatic carbocycles. The Morgan fingerprint density at radius 2 is 1.79 bits per heavy atom. The maximum Gasteiger partial charge on any atom is 0.136 e. The molecule has 1 fully saturated rings. The highest BCUT2D eigenvalue weighted by Gasteiger charge is 2.28.